The predicted octanol–water partition coefficient (Wildman–Crippen LogP) is 4.09. The second-order valence-corrected chi connectivity index (χ2v) is 5.89. The second kappa shape index (κ2) is 7.63. The Morgan fingerprint density at radius 3 is 2.52 bits per heavy atom. The number of benzene rings is 2. The van der Waals surface area contributed by atoms with Gasteiger partial charge in [0.1, 0.15) is 0 Å². The van der Waals surface area contributed by atoms with Crippen molar-refractivity contribution in [3.8, 4) is 16.9 Å². The van der Waals surface area contributed by atoms with Gasteiger partial charge in [0.15, 0.2) is 5.69 Å². The molecule has 25 heavy (non-hydrogen) atoms. The van der Waals surface area contributed by atoms with Gasteiger partial charge in [-0.15, -0.1) is 0 Å². The van der Waals surface area contributed by atoms with Crippen LogP contribution in [0.2, 0.25) is 0 Å². The molecule has 0 atom stereocenters. The van der Waals surface area contributed by atoms with E-state index in [0.29, 0.717) is 6.42 Å². The van der Waals surface area contributed by atoms with E-state index in [2.05, 4.69) is 30.2 Å². The Morgan fingerprint density at radius 1 is 1.12 bits per heavy atom. The molecule has 0 spiro atoms. The summed E-state index contributed by atoms with van der Waals surface area (Å²) >= 11 is 0. The third-order valence-corrected chi connectivity index (χ3v) is 4.35. The molecule has 0 amide bonds. The van der Waals surface area contributed by atoms with Crippen LogP contribution in [0, 0.1) is 14.4 Å². The summed E-state index contributed by atoms with van der Waals surface area (Å²) in [5.74, 6) is -0.966. The molecular weight excluding hydrogens is 389 g/mol. The second-order valence-electron chi connectivity index (χ2n) is 5.89. The Labute approximate surface area is 172 Å². The molecule has 1 aliphatic rings. The van der Waals surface area contributed by atoms with Crippen LogP contribution in [0.4, 0.5) is 0 Å². The largest absolute Gasteiger partial charge is 0.476 e. The van der Waals surface area contributed by atoms with Crippen molar-refractivity contribution in [3.05, 3.63) is 78.3 Å². The molecule has 0 saturated heterocycles. The van der Waals surface area contributed by atoms with Crippen molar-refractivity contribution in [1.29, 1.82) is 0 Å². The first kappa shape index (κ1) is 19.5. The zero-order valence-electron chi connectivity index (χ0n) is 14.4. The summed E-state index contributed by atoms with van der Waals surface area (Å²) in [5, 5.41) is 13.9. The third kappa shape index (κ3) is 3.33. The summed E-state index contributed by atoms with van der Waals surface area (Å²) in [6, 6.07) is 16.0. The monoisotopic (exact) mass is 408 g/mol. The summed E-state index contributed by atoms with van der Waals surface area (Å²) in [5.41, 5.74) is 6.34. The van der Waals surface area contributed by atoms with Gasteiger partial charge in [-0.1, -0.05) is 42.0 Å². The van der Waals surface area contributed by atoms with Gasteiger partial charge in [0.05, 0.1) is 11.4 Å². The summed E-state index contributed by atoms with van der Waals surface area (Å²) in [6.45, 7) is 2.08. The molecule has 1 aliphatic carbocycles. The van der Waals surface area contributed by atoms with Crippen LogP contribution >= 0.6 is 0 Å². The molecule has 0 fully saturated rings. The average molecular weight is 408 g/mol. The standard InChI is InChI=1S/C19H16N2O2.CH3.Y/c1-12-7-9-15-13(11-12)8-10-16-17(19(22)23)20-21(18(15)16)14-5-3-2-4-6-14;;/h2-7,9,11H,8,10H2,1H3,(H,22,23);1H3;/q;-1;. The van der Waals surface area contributed by atoms with Crippen LogP contribution in [-0.2, 0) is 45.6 Å². The van der Waals surface area contributed by atoms with E-state index >= 15 is 0 Å². The van der Waals surface area contributed by atoms with Crippen LogP contribution in [0.5, 0.6) is 0 Å². The zero-order valence-corrected chi connectivity index (χ0v) is 17.2. The molecule has 4 nitrogen and oxygen atoms in total. The number of aromatic carboxylic acids is 1. The van der Waals surface area contributed by atoms with E-state index in [4.69, 9.17) is 0 Å². The van der Waals surface area contributed by atoms with Crippen molar-refractivity contribution >= 4 is 5.97 Å². The van der Waals surface area contributed by atoms with E-state index in [9.17, 15) is 9.90 Å². The maximum atomic E-state index is 11.6. The Kier molecular flexibility index (Phi) is 5.97. The SMILES string of the molecule is Cc1ccc2c(c1)CCc1c(C(=O)O)nn(-c3ccccc3)c1-2.[CH3-].[Y]. The quantitative estimate of drug-likeness (QED) is 0.650. The first-order valence-corrected chi connectivity index (χ1v) is 7.65. The Balaban J connectivity index is 0.00000113. The van der Waals surface area contributed by atoms with Gasteiger partial charge >= 0.3 is 5.97 Å². The number of fused-ring (bicyclic) bond motifs is 3. The minimum Gasteiger partial charge on any atom is -0.476 e. The molecule has 0 saturated carbocycles. The molecule has 1 N–H and O–H groups in total. The summed E-state index contributed by atoms with van der Waals surface area (Å²) in [6.07, 6.45) is 1.56. The van der Waals surface area contributed by atoms with Crippen LogP contribution in [0.25, 0.3) is 16.9 Å². The fourth-order valence-corrected chi connectivity index (χ4v) is 3.31. The first-order chi connectivity index (χ1) is 11.1. The van der Waals surface area contributed by atoms with E-state index in [-0.39, 0.29) is 45.8 Å². The van der Waals surface area contributed by atoms with Gasteiger partial charge < -0.3 is 12.5 Å². The molecule has 3 aromatic rings. The fourth-order valence-electron chi connectivity index (χ4n) is 3.31. The summed E-state index contributed by atoms with van der Waals surface area (Å²) in [4.78, 5) is 11.6. The molecule has 0 unspecified atom stereocenters. The summed E-state index contributed by atoms with van der Waals surface area (Å²) in [7, 11) is 0. The van der Waals surface area contributed by atoms with Gasteiger partial charge in [0.25, 0.3) is 0 Å². The molecule has 1 radical (unpaired) electrons. The van der Waals surface area contributed by atoms with E-state index in [1.54, 1.807) is 4.68 Å². The molecule has 0 aliphatic heterocycles. The van der Waals surface area contributed by atoms with Crippen molar-refractivity contribution in [1.82, 2.24) is 9.78 Å². The molecule has 0 bridgehead atoms. The predicted molar refractivity (Wildman–Crippen MR) is 94.5 cm³/mol. The van der Waals surface area contributed by atoms with Crippen molar-refractivity contribution in [2.45, 2.75) is 19.8 Å². The van der Waals surface area contributed by atoms with Gasteiger partial charge in [-0.05, 0) is 37.5 Å². The molecule has 1 aromatic heterocycles. The number of hydrogen-bond acceptors (Lipinski definition) is 2. The topological polar surface area (TPSA) is 55.1 Å². The molecular formula is C20H19N2O2Y-. The van der Waals surface area contributed by atoms with E-state index in [1.165, 1.54) is 11.1 Å². The number of aryl methyl sites for hydroxylation is 2. The summed E-state index contributed by atoms with van der Waals surface area (Å²) < 4.78 is 1.77. The molecule has 2 aromatic carbocycles. The number of hydrogen-bond donors (Lipinski definition) is 1. The first-order valence-electron chi connectivity index (χ1n) is 7.65. The van der Waals surface area contributed by atoms with Crippen molar-refractivity contribution in [2.24, 2.45) is 0 Å². The number of carboxylic acids is 1. The zero-order chi connectivity index (χ0) is 16.0. The molecule has 1 heterocycles. The van der Waals surface area contributed by atoms with Crippen molar-refractivity contribution in [3.63, 3.8) is 0 Å². The number of para-hydroxylation sites is 1. The van der Waals surface area contributed by atoms with Crippen LogP contribution in [0.3, 0.4) is 0 Å². The Bertz CT molecular complexity index is 917. The van der Waals surface area contributed by atoms with E-state index in [0.717, 1.165) is 28.9 Å². The van der Waals surface area contributed by atoms with Crippen molar-refractivity contribution < 1.29 is 42.6 Å². The van der Waals surface area contributed by atoms with E-state index < -0.39 is 5.97 Å². The Morgan fingerprint density at radius 2 is 1.84 bits per heavy atom. The maximum absolute atomic E-state index is 11.6. The minimum atomic E-state index is -0.966. The van der Waals surface area contributed by atoms with Crippen molar-refractivity contribution in [2.75, 3.05) is 0 Å². The third-order valence-electron chi connectivity index (χ3n) is 4.35. The molecule has 4 rings (SSSR count). The smallest absolute Gasteiger partial charge is 0.356 e. The van der Waals surface area contributed by atoms with Gasteiger partial charge in [-0.2, -0.15) is 5.10 Å². The number of aromatic nitrogens is 2. The number of carbonyl (C=O) groups is 1. The average Bonchev–Trinajstić information content (AvgIpc) is 2.95. The maximum Gasteiger partial charge on any atom is 0.356 e. The number of rotatable bonds is 2. The molecule has 125 valence electrons. The van der Waals surface area contributed by atoms with Gasteiger partial charge in [-0.3, -0.25) is 0 Å². The van der Waals surface area contributed by atoms with Crippen LogP contribution in [0.15, 0.2) is 48.5 Å². The van der Waals surface area contributed by atoms with Gasteiger partial charge in [-0.25, -0.2) is 9.48 Å². The normalized spacial score (nSPS) is 11.6. The minimum absolute atomic E-state index is 0. The number of nitrogens with zero attached hydrogens (tertiary/aromatic N) is 2. The van der Waals surface area contributed by atoms with E-state index in [1.807, 2.05) is 30.3 Å². The Hall–Kier alpha value is -1.78. The fraction of sp³-hybridized carbons (Fsp3) is 0.150. The number of carboxylic acid groups (broad SMARTS) is 1. The van der Waals surface area contributed by atoms with Crippen LogP contribution < -0.4 is 0 Å². The van der Waals surface area contributed by atoms with Crippen LogP contribution in [0.1, 0.15) is 27.2 Å². The van der Waals surface area contributed by atoms with Gasteiger partial charge in [0, 0.05) is 43.8 Å². The van der Waals surface area contributed by atoms with Crippen LogP contribution in [-0.4, -0.2) is 20.9 Å². The van der Waals surface area contributed by atoms with Gasteiger partial charge in [0.2, 0.25) is 0 Å². The molecule has 5 heteroatoms.